The summed E-state index contributed by atoms with van der Waals surface area (Å²) in [6.07, 6.45) is 5.45. The van der Waals surface area contributed by atoms with Crippen molar-refractivity contribution in [3.63, 3.8) is 0 Å². The molecule has 1 aliphatic heterocycles. The standard InChI is InChI=1S/C12H24N4O/c1-13-12-15(2)9-10-16(12)8-6-4-3-5-7-14-11-17/h11H,3-10H2,1-2H3,(H,14,17). The number of nitrogens with one attached hydrogen (secondary N) is 1. The topological polar surface area (TPSA) is 47.9 Å². The van der Waals surface area contributed by atoms with Crippen molar-refractivity contribution < 1.29 is 4.79 Å². The van der Waals surface area contributed by atoms with Crippen LogP contribution in [0, 0.1) is 0 Å². The quantitative estimate of drug-likeness (QED) is 0.497. The molecule has 0 atom stereocenters. The number of amides is 1. The van der Waals surface area contributed by atoms with Gasteiger partial charge in [0.25, 0.3) is 0 Å². The first-order valence-electron chi connectivity index (χ1n) is 6.39. The molecule has 1 aliphatic rings. The Bertz CT molecular complexity index is 255. The minimum atomic E-state index is 0.768. The van der Waals surface area contributed by atoms with Crippen molar-refractivity contribution in [1.82, 2.24) is 15.1 Å². The van der Waals surface area contributed by atoms with Gasteiger partial charge in [-0.1, -0.05) is 12.8 Å². The normalized spacial score (nSPS) is 17.9. The monoisotopic (exact) mass is 240 g/mol. The molecule has 98 valence electrons. The molecule has 0 spiro atoms. The second kappa shape index (κ2) is 7.92. The summed E-state index contributed by atoms with van der Waals surface area (Å²) in [6.45, 7) is 4.07. The zero-order valence-electron chi connectivity index (χ0n) is 11.0. The Morgan fingerprint density at radius 3 is 2.76 bits per heavy atom. The lowest BCUT2D eigenvalue weighted by atomic mass is 10.2. The lowest BCUT2D eigenvalue weighted by molar-refractivity contribution is -0.109. The highest BCUT2D eigenvalue weighted by Gasteiger charge is 2.21. The molecule has 0 aromatic rings. The van der Waals surface area contributed by atoms with E-state index in [1.165, 1.54) is 19.3 Å². The molecule has 5 heteroatoms. The van der Waals surface area contributed by atoms with Gasteiger partial charge >= 0.3 is 0 Å². The Hall–Kier alpha value is -1.26. The van der Waals surface area contributed by atoms with Crippen LogP contribution in [0.1, 0.15) is 25.7 Å². The molecule has 0 radical (unpaired) electrons. The van der Waals surface area contributed by atoms with Crippen molar-refractivity contribution in [3.8, 4) is 0 Å². The number of guanidine groups is 1. The summed E-state index contributed by atoms with van der Waals surface area (Å²) in [5.41, 5.74) is 0. The lowest BCUT2D eigenvalue weighted by Crippen LogP contribution is -2.32. The van der Waals surface area contributed by atoms with E-state index in [1.54, 1.807) is 0 Å². The summed E-state index contributed by atoms with van der Waals surface area (Å²) in [4.78, 5) is 18.9. The van der Waals surface area contributed by atoms with E-state index >= 15 is 0 Å². The molecule has 0 aliphatic carbocycles. The van der Waals surface area contributed by atoms with E-state index in [2.05, 4.69) is 27.2 Å². The van der Waals surface area contributed by atoms with Gasteiger partial charge in [-0.3, -0.25) is 9.79 Å². The fraction of sp³-hybridized carbons (Fsp3) is 0.833. The van der Waals surface area contributed by atoms with Crippen LogP contribution in [0.4, 0.5) is 0 Å². The average molecular weight is 240 g/mol. The molecule has 1 heterocycles. The number of hydrogen-bond donors (Lipinski definition) is 1. The molecular formula is C12H24N4O. The van der Waals surface area contributed by atoms with Gasteiger partial charge in [-0.25, -0.2) is 0 Å². The van der Waals surface area contributed by atoms with E-state index in [1.807, 2.05) is 7.05 Å². The summed E-state index contributed by atoms with van der Waals surface area (Å²) in [6, 6.07) is 0. The van der Waals surface area contributed by atoms with E-state index < -0.39 is 0 Å². The van der Waals surface area contributed by atoms with Gasteiger partial charge in [-0.15, -0.1) is 0 Å². The largest absolute Gasteiger partial charge is 0.359 e. The minimum absolute atomic E-state index is 0.768. The van der Waals surface area contributed by atoms with E-state index in [0.717, 1.165) is 45.0 Å². The van der Waals surface area contributed by atoms with Crippen LogP contribution in [0.15, 0.2) is 4.99 Å². The number of likely N-dealkylation sites (N-methyl/N-ethyl adjacent to an activating group) is 1. The zero-order chi connectivity index (χ0) is 12.5. The van der Waals surface area contributed by atoms with Crippen LogP contribution in [-0.2, 0) is 4.79 Å². The predicted molar refractivity (Wildman–Crippen MR) is 70.1 cm³/mol. The third-order valence-corrected chi connectivity index (χ3v) is 3.11. The number of nitrogens with zero attached hydrogens (tertiary/aromatic N) is 3. The smallest absolute Gasteiger partial charge is 0.207 e. The maximum Gasteiger partial charge on any atom is 0.207 e. The number of unbranched alkanes of at least 4 members (excludes halogenated alkanes) is 3. The van der Waals surface area contributed by atoms with Crippen molar-refractivity contribution in [3.05, 3.63) is 0 Å². The fourth-order valence-corrected chi connectivity index (χ4v) is 2.18. The molecule has 0 aromatic heterocycles. The minimum Gasteiger partial charge on any atom is -0.359 e. The van der Waals surface area contributed by atoms with Crippen molar-refractivity contribution in [2.24, 2.45) is 4.99 Å². The highest BCUT2D eigenvalue weighted by Crippen LogP contribution is 2.09. The highest BCUT2D eigenvalue weighted by atomic mass is 16.1. The van der Waals surface area contributed by atoms with Gasteiger partial charge in [-0.2, -0.15) is 0 Å². The van der Waals surface area contributed by atoms with E-state index in [9.17, 15) is 4.79 Å². The van der Waals surface area contributed by atoms with Crippen LogP contribution in [0.2, 0.25) is 0 Å². The first-order chi connectivity index (χ1) is 8.29. The Balaban J connectivity index is 2.05. The first-order valence-corrected chi connectivity index (χ1v) is 6.39. The summed E-state index contributed by atoms with van der Waals surface area (Å²) >= 11 is 0. The van der Waals surface area contributed by atoms with Crippen LogP contribution in [0.25, 0.3) is 0 Å². The number of carbonyl (C=O) groups excluding carboxylic acids is 1. The summed E-state index contributed by atoms with van der Waals surface area (Å²) in [7, 11) is 3.95. The summed E-state index contributed by atoms with van der Waals surface area (Å²) < 4.78 is 0. The molecule has 1 amide bonds. The van der Waals surface area contributed by atoms with E-state index in [0.29, 0.717) is 0 Å². The molecule has 5 nitrogen and oxygen atoms in total. The number of rotatable bonds is 8. The molecule has 17 heavy (non-hydrogen) atoms. The third-order valence-electron chi connectivity index (χ3n) is 3.11. The maximum atomic E-state index is 10.0. The third kappa shape index (κ3) is 4.63. The average Bonchev–Trinajstić information content (AvgIpc) is 2.69. The van der Waals surface area contributed by atoms with Crippen LogP contribution < -0.4 is 5.32 Å². The number of carbonyl (C=O) groups is 1. The highest BCUT2D eigenvalue weighted by molar-refractivity contribution is 5.81. The Morgan fingerprint density at radius 2 is 2.06 bits per heavy atom. The van der Waals surface area contributed by atoms with Gasteiger partial charge in [0.05, 0.1) is 0 Å². The van der Waals surface area contributed by atoms with Gasteiger partial charge in [0.2, 0.25) is 6.41 Å². The molecule has 1 saturated heterocycles. The molecule has 0 unspecified atom stereocenters. The molecule has 1 N–H and O–H groups in total. The van der Waals surface area contributed by atoms with Gasteiger partial charge in [0.15, 0.2) is 5.96 Å². The second-order valence-corrected chi connectivity index (χ2v) is 4.42. The Labute approximate surface area is 104 Å². The lowest BCUT2D eigenvalue weighted by Gasteiger charge is -2.19. The summed E-state index contributed by atoms with van der Waals surface area (Å²) in [5.74, 6) is 1.12. The first kappa shape index (κ1) is 13.8. The second-order valence-electron chi connectivity index (χ2n) is 4.42. The molecule has 1 rings (SSSR count). The van der Waals surface area contributed by atoms with Crippen molar-refractivity contribution >= 4 is 12.4 Å². The molecular weight excluding hydrogens is 216 g/mol. The molecule has 0 aromatic carbocycles. The van der Waals surface area contributed by atoms with Gasteiger partial charge < -0.3 is 15.1 Å². The van der Waals surface area contributed by atoms with Gasteiger partial charge in [-0.05, 0) is 12.8 Å². The van der Waals surface area contributed by atoms with Crippen LogP contribution in [0.5, 0.6) is 0 Å². The number of hydrogen-bond acceptors (Lipinski definition) is 2. The van der Waals surface area contributed by atoms with Crippen molar-refractivity contribution in [1.29, 1.82) is 0 Å². The van der Waals surface area contributed by atoms with Gasteiger partial charge in [0.1, 0.15) is 0 Å². The maximum absolute atomic E-state index is 10.0. The Morgan fingerprint density at radius 1 is 1.29 bits per heavy atom. The van der Waals surface area contributed by atoms with Crippen LogP contribution >= 0.6 is 0 Å². The van der Waals surface area contributed by atoms with Crippen molar-refractivity contribution in [2.45, 2.75) is 25.7 Å². The van der Waals surface area contributed by atoms with Crippen LogP contribution in [-0.4, -0.2) is 62.4 Å². The SMILES string of the molecule is CN=C1N(C)CCN1CCCCCCNC=O. The number of aliphatic imine (C=N–C) groups is 1. The zero-order valence-corrected chi connectivity index (χ0v) is 11.0. The van der Waals surface area contributed by atoms with Gasteiger partial charge in [0, 0.05) is 40.3 Å². The predicted octanol–water partition coefficient (Wildman–Crippen LogP) is 0.526. The van der Waals surface area contributed by atoms with Crippen molar-refractivity contribution in [2.75, 3.05) is 40.3 Å². The fourth-order valence-electron chi connectivity index (χ4n) is 2.18. The van der Waals surface area contributed by atoms with Crippen LogP contribution in [0.3, 0.4) is 0 Å². The molecule has 1 fully saturated rings. The Kier molecular flexibility index (Phi) is 6.43. The summed E-state index contributed by atoms with van der Waals surface area (Å²) in [5, 5.41) is 2.69. The van der Waals surface area contributed by atoms with E-state index in [-0.39, 0.29) is 0 Å². The van der Waals surface area contributed by atoms with E-state index in [4.69, 9.17) is 0 Å². The molecule has 0 bridgehead atoms. The molecule has 0 saturated carbocycles.